The fourth-order valence-corrected chi connectivity index (χ4v) is 3.10. The minimum atomic E-state index is 0.697. The van der Waals surface area contributed by atoms with E-state index in [0.29, 0.717) is 5.92 Å². The fraction of sp³-hybridized carbons (Fsp3) is 0.722. The molecule has 1 aliphatic rings. The summed E-state index contributed by atoms with van der Waals surface area (Å²) in [7, 11) is 0. The van der Waals surface area contributed by atoms with Gasteiger partial charge >= 0.3 is 0 Å². The Morgan fingerprint density at radius 2 is 2.19 bits per heavy atom. The minimum Gasteiger partial charge on any atom is -0.312 e. The average molecular weight is 289 g/mol. The van der Waals surface area contributed by atoms with Crippen LogP contribution in [-0.2, 0) is 13.1 Å². The number of hydrogen-bond donors (Lipinski definition) is 1. The van der Waals surface area contributed by atoms with E-state index in [1.54, 1.807) is 0 Å². The molecule has 0 bridgehead atoms. The van der Waals surface area contributed by atoms with Gasteiger partial charge in [-0.15, -0.1) is 0 Å². The highest BCUT2D eigenvalue weighted by Crippen LogP contribution is 2.21. The maximum Gasteiger partial charge on any atom is 0.0544 e. The van der Waals surface area contributed by atoms with Crippen LogP contribution in [0.25, 0.3) is 0 Å². The van der Waals surface area contributed by atoms with E-state index in [9.17, 15) is 0 Å². The van der Waals surface area contributed by atoms with Gasteiger partial charge in [0.2, 0.25) is 0 Å². The van der Waals surface area contributed by atoms with Gasteiger partial charge < -0.3 is 5.32 Å². The molecule has 0 amide bonds. The molecule has 0 aromatic carbocycles. The van der Waals surface area contributed by atoms with Crippen molar-refractivity contribution < 1.29 is 0 Å². The summed E-state index contributed by atoms with van der Waals surface area (Å²) < 4.78 is 0. The molecule has 1 N–H and O–H groups in total. The van der Waals surface area contributed by atoms with Crippen LogP contribution in [0.3, 0.4) is 0 Å². The van der Waals surface area contributed by atoms with Crippen LogP contribution in [0, 0.1) is 5.92 Å². The molecule has 1 atom stereocenters. The third-order valence-electron chi connectivity index (χ3n) is 4.35. The van der Waals surface area contributed by atoms with Gasteiger partial charge in [-0.25, -0.2) is 0 Å². The van der Waals surface area contributed by atoms with E-state index in [0.717, 1.165) is 25.7 Å². The van der Waals surface area contributed by atoms with Crippen molar-refractivity contribution in [3.63, 3.8) is 0 Å². The van der Waals surface area contributed by atoms with Crippen LogP contribution < -0.4 is 5.32 Å². The van der Waals surface area contributed by atoms with E-state index < -0.39 is 0 Å². The molecule has 21 heavy (non-hydrogen) atoms. The lowest BCUT2D eigenvalue weighted by Crippen LogP contribution is -2.38. The normalized spacial score (nSPS) is 20.1. The monoisotopic (exact) mass is 289 g/mol. The zero-order valence-electron chi connectivity index (χ0n) is 13.9. The summed E-state index contributed by atoms with van der Waals surface area (Å²) in [5.74, 6) is 0.697. The molecule has 1 aromatic heterocycles. The second-order valence-corrected chi connectivity index (χ2v) is 6.71. The highest BCUT2D eigenvalue weighted by Gasteiger charge is 2.20. The summed E-state index contributed by atoms with van der Waals surface area (Å²) in [4.78, 5) is 7.27. The van der Waals surface area contributed by atoms with Crippen LogP contribution in [0.2, 0.25) is 0 Å². The predicted molar refractivity (Wildman–Crippen MR) is 89.1 cm³/mol. The Bertz CT molecular complexity index is 399. The van der Waals surface area contributed by atoms with Gasteiger partial charge in [0, 0.05) is 25.3 Å². The second-order valence-electron chi connectivity index (χ2n) is 6.71. The molecule has 0 saturated carbocycles. The number of likely N-dealkylation sites (tertiary alicyclic amines) is 1. The van der Waals surface area contributed by atoms with E-state index in [4.69, 9.17) is 0 Å². The van der Waals surface area contributed by atoms with E-state index in [-0.39, 0.29) is 0 Å². The Kier molecular flexibility index (Phi) is 6.65. The SMILES string of the molecule is CCC1CCCCN1Cc1ccc(CNCC(C)C)cn1. The molecule has 3 heteroatoms. The van der Waals surface area contributed by atoms with Crippen molar-refractivity contribution in [2.24, 2.45) is 5.92 Å². The van der Waals surface area contributed by atoms with Gasteiger partial charge in [-0.2, -0.15) is 0 Å². The fourth-order valence-electron chi connectivity index (χ4n) is 3.10. The molecular weight excluding hydrogens is 258 g/mol. The summed E-state index contributed by atoms with van der Waals surface area (Å²) in [6.07, 6.45) is 7.38. The van der Waals surface area contributed by atoms with Gasteiger partial charge in [-0.3, -0.25) is 9.88 Å². The Morgan fingerprint density at radius 1 is 1.33 bits per heavy atom. The molecule has 1 aromatic rings. The molecule has 0 radical (unpaired) electrons. The Hall–Kier alpha value is -0.930. The summed E-state index contributed by atoms with van der Waals surface area (Å²) >= 11 is 0. The van der Waals surface area contributed by atoms with Gasteiger partial charge in [0.05, 0.1) is 5.69 Å². The average Bonchev–Trinajstić information content (AvgIpc) is 2.49. The number of pyridine rings is 1. The van der Waals surface area contributed by atoms with Crippen LogP contribution in [0.15, 0.2) is 18.3 Å². The van der Waals surface area contributed by atoms with Crippen molar-refractivity contribution in [2.75, 3.05) is 13.1 Å². The second kappa shape index (κ2) is 8.50. The smallest absolute Gasteiger partial charge is 0.0544 e. The third-order valence-corrected chi connectivity index (χ3v) is 4.35. The van der Waals surface area contributed by atoms with Gasteiger partial charge in [-0.1, -0.05) is 33.3 Å². The quantitative estimate of drug-likeness (QED) is 0.831. The van der Waals surface area contributed by atoms with Gasteiger partial charge in [-0.05, 0) is 49.9 Å². The Morgan fingerprint density at radius 3 is 2.86 bits per heavy atom. The first kappa shape index (κ1) is 16.4. The number of aromatic nitrogens is 1. The summed E-state index contributed by atoms with van der Waals surface area (Å²) in [5, 5.41) is 3.47. The molecule has 0 spiro atoms. The van der Waals surface area contributed by atoms with Crippen molar-refractivity contribution in [1.82, 2.24) is 15.2 Å². The number of rotatable bonds is 7. The zero-order chi connectivity index (χ0) is 15.1. The summed E-state index contributed by atoms with van der Waals surface area (Å²) in [5.41, 5.74) is 2.49. The van der Waals surface area contributed by atoms with Crippen molar-refractivity contribution in [1.29, 1.82) is 0 Å². The Balaban J connectivity index is 1.83. The number of piperidine rings is 1. The number of nitrogens with zero attached hydrogens (tertiary/aromatic N) is 2. The molecule has 1 fully saturated rings. The van der Waals surface area contributed by atoms with E-state index >= 15 is 0 Å². The lowest BCUT2D eigenvalue weighted by molar-refractivity contribution is 0.134. The van der Waals surface area contributed by atoms with Crippen LogP contribution in [0.1, 0.15) is 57.7 Å². The summed E-state index contributed by atoms with van der Waals surface area (Å²) in [6, 6.07) is 5.18. The lowest BCUT2D eigenvalue weighted by atomic mass is 10.00. The molecule has 2 heterocycles. The van der Waals surface area contributed by atoms with Crippen LogP contribution in [0.4, 0.5) is 0 Å². The molecule has 0 aliphatic carbocycles. The topological polar surface area (TPSA) is 28.2 Å². The molecule has 3 nitrogen and oxygen atoms in total. The maximum absolute atomic E-state index is 4.66. The maximum atomic E-state index is 4.66. The van der Waals surface area contributed by atoms with E-state index in [1.807, 2.05) is 6.20 Å². The zero-order valence-corrected chi connectivity index (χ0v) is 13.9. The largest absolute Gasteiger partial charge is 0.312 e. The highest BCUT2D eigenvalue weighted by atomic mass is 15.2. The van der Waals surface area contributed by atoms with Crippen LogP contribution >= 0.6 is 0 Å². The molecule has 2 rings (SSSR count). The molecule has 1 unspecified atom stereocenters. The van der Waals surface area contributed by atoms with Gasteiger partial charge in [0.25, 0.3) is 0 Å². The molecule has 1 saturated heterocycles. The van der Waals surface area contributed by atoms with Crippen LogP contribution in [0.5, 0.6) is 0 Å². The summed E-state index contributed by atoms with van der Waals surface area (Å²) in [6.45, 7) is 11.0. The van der Waals surface area contributed by atoms with Crippen molar-refractivity contribution in [2.45, 2.75) is 65.6 Å². The van der Waals surface area contributed by atoms with Crippen molar-refractivity contribution >= 4 is 0 Å². The van der Waals surface area contributed by atoms with Gasteiger partial charge in [0.1, 0.15) is 0 Å². The standard InChI is InChI=1S/C18H31N3/c1-4-18-7-5-6-10-21(18)14-17-9-8-16(13-20-17)12-19-11-15(2)3/h8-9,13,15,18-19H,4-7,10-12,14H2,1-3H3. The molecule has 1 aliphatic heterocycles. The third kappa shape index (κ3) is 5.40. The first-order valence-electron chi connectivity index (χ1n) is 8.57. The number of hydrogen-bond acceptors (Lipinski definition) is 3. The molecular formula is C18H31N3. The Labute approximate surface area is 130 Å². The van der Waals surface area contributed by atoms with Gasteiger partial charge in [0.15, 0.2) is 0 Å². The first-order valence-corrected chi connectivity index (χ1v) is 8.57. The van der Waals surface area contributed by atoms with E-state index in [2.05, 4.69) is 48.1 Å². The number of nitrogens with one attached hydrogen (secondary N) is 1. The minimum absolute atomic E-state index is 0.697. The first-order chi connectivity index (χ1) is 10.2. The van der Waals surface area contributed by atoms with Crippen molar-refractivity contribution in [3.8, 4) is 0 Å². The van der Waals surface area contributed by atoms with E-state index in [1.165, 1.54) is 43.5 Å². The highest BCUT2D eigenvalue weighted by molar-refractivity contribution is 5.14. The molecule has 118 valence electrons. The van der Waals surface area contributed by atoms with Crippen molar-refractivity contribution in [3.05, 3.63) is 29.6 Å². The van der Waals surface area contributed by atoms with Crippen LogP contribution in [-0.4, -0.2) is 29.0 Å². The predicted octanol–water partition coefficient (Wildman–Crippen LogP) is 3.59. The lowest BCUT2D eigenvalue weighted by Gasteiger charge is -2.34.